The molecule has 0 amide bonds. The Morgan fingerprint density at radius 2 is 1.35 bits per heavy atom. The van der Waals surface area contributed by atoms with Crippen LogP contribution in [0, 0.1) is 0 Å². The SMILES string of the molecule is O=S(=O)(Cc1ccccc1)c1ccc2ccccc2c1. The van der Waals surface area contributed by atoms with Gasteiger partial charge in [-0.3, -0.25) is 0 Å². The number of rotatable bonds is 3. The molecule has 0 atom stereocenters. The second-order valence-corrected chi connectivity index (χ2v) is 6.74. The number of sulfone groups is 1. The van der Waals surface area contributed by atoms with Crippen LogP contribution in [0.2, 0.25) is 0 Å². The molecule has 0 aliphatic rings. The third-order valence-electron chi connectivity index (χ3n) is 3.28. The maximum atomic E-state index is 12.4. The molecule has 3 aromatic carbocycles. The molecular weight excluding hydrogens is 268 g/mol. The van der Waals surface area contributed by atoms with Crippen molar-refractivity contribution < 1.29 is 8.42 Å². The molecule has 20 heavy (non-hydrogen) atoms. The summed E-state index contributed by atoms with van der Waals surface area (Å²) in [5, 5.41) is 1.99. The fourth-order valence-corrected chi connectivity index (χ4v) is 3.62. The van der Waals surface area contributed by atoms with Crippen molar-refractivity contribution in [3.8, 4) is 0 Å². The van der Waals surface area contributed by atoms with Crippen LogP contribution in [0.25, 0.3) is 10.8 Å². The third kappa shape index (κ3) is 2.58. The highest BCUT2D eigenvalue weighted by Gasteiger charge is 2.15. The van der Waals surface area contributed by atoms with E-state index in [2.05, 4.69) is 0 Å². The van der Waals surface area contributed by atoms with Gasteiger partial charge < -0.3 is 0 Å². The Labute approximate surface area is 118 Å². The van der Waals surface area contributed by atoms with Crippen molar-refractivity contribution in [1.82, 2.24) is 0 Å². The second kappa shape index (κ2) is 5.10. The molecule has 0 radical (unpaired) electrons. The lowest BCUT2D eigenvalue weighted by molar-refractivity contribution is 0.595. The van der Waals surface area contributed by atoms with Gasteiger partial charge in [0, 0.05) is 0 Å². The van der Waals surface area contributed by atoms with E-state index in [1.54, 1.807) is 12.1 Å². The van der Waals surface area contributed by atoms with E-state index in [9.17, 15) is 8.42 Å². The van der Waals surface area contributed by atoms with Crippen LogP contribution in [0.3, 0.4) is 0 Å². The van der Waals surface area contributed by atoms with Crippen LogP contribution in [-0.2, 0) is 15.6 Å². The van der Waals surface area contributed by atoms with Gasteiger partial charge in [-0.2, -0.15) is 0 Å². The van der Waals surface area contributed by atoms with Crippen LogP contribution in [-0.4, -0.2) is 8.42 Å². The molecule has 0 aliphatic heterocycles. The first-order valence-corrected chi connectivity index (χ1v) is 8.06. The molecule has 0 aliphatic carbocycles. The summed E-state index contributed by atoms with van der Waals surface area (Å²) in [7, 11) is -3.30. The monoisotopic (exact) mass is 282 g/mol. The fourth-order valence-electron chi connectivity index (χ4n) is 2.24. The van der Waals surface area contributed by atoms with Gasteiger partial charge >= 0.3 is 0 Å². The van der Waals surface area contributed by atoms with Gasteiger partial charge in [0.1, 0.15) is 0 Å². The molecule has 3 rings (SSSR count). The van der Waals surface area contributed by atoms with E-state index >= 15 is 0 Å². The lowest BCUT2D eigenvalue weighted by Gasteiger charge is -2.06. The number of benzene rings is 3. The highest BCUT2D eigenvalue weighted by atomic mass is 32.2. The normalized spacial score (nSPS) is 11.6. The van der Waals surface area contributed by atoms with Gasteiger partial charge in [-0.25, -0.2) is 8.42 Å². The molecule has 0 fully saturated rings. The predicted octanol–water partition coefficient (Wildman–Crippen LogP) is 3.81. The quantitative estimate of drug-likeness (QED) is 0.732. The van der Waals surface area contributed by atoms with Crippen LogP contribution in [0.5, 0.6) is 0 Å². The summed E-state index contributed by atoms with van der Waals surface area (Å²) in [5.74, 6) is 0.0339. The molecule has 100 valence electrons. The Morgan fingerprint density at radius 1 is 0.700 bits per heavy atom. The van der Waals surface area contributed by atoms with Gasteiger partial charge in [-0.05, 0) is 28.5 Å². The first-order chi connectivity index (χ1) is 9.65. The van der Waals surface area contributed by atoms with Crippen molar-refractivity contribution in [2.24, 2.45) is 0 Å². The van der Waals surface area contributed by atoms with Gasteiger partial charge in [-0.1, -0.05) is 60.7 Å². The van der Waals surface area contributed by atoms with Crippen LogP contribution in [0.1, 0.15) is 5.56 Å². The molecule has 0 unspecified atom stereocenters. The Hall–Kier alpha value is -2.13. The standard InChI is InChI=1S/C17H14O2S/c18-20(19,13-14-6-2-1-3-7-14)17-11-10-15-8-4-5-9-16(15)12-17/h1-12H,13H2. The van der Waals surface area contributed by atoms with Crippen molar-refractivity contribution in [3.63, 3.8) is 0 Å². The summed E-state index contributed by atoms with van der Waals surface area (Å²) >= 11 is 0. The smallest absolute Gasteiger partial charge is 0.182 e. The summed E-state index contributed by atoms with van der Waals surface area (Å²) in [5.41, 5.74) is 0.806. The number of hydrogen-bond donors (Lipinski definition) is 0. The first kappa shape index (κ1) is 12.9. The number of hydrogen-bond acceptors (Lipinski definition) is 2. The van der Waals surface area contributed by atoms with E-state index in [4.69, 9.17) is 0 Å². The molecule has 3 aromatic rings. The lowest BCUT2D eigenvalue weighted by atomic mass is 10.1. The highest BCUT2D eigenvalue weighted by Crippen LogP contribution is 2.22. The van der Waals surface area contributed by atoms with Gasteiger partial charge in [0.05, 0.1) is 10.6 Å². The van der Waals surface area contributed by atoms with Crippen LogP contribution in [0.4, 0.5) is 0 Å². The molecule has 2 nitrogen and oxygen atoms in total. The highest BCUT2D eigenvalue weighted by molar-refractivity contribution is 7.90. The average Bonchev–Trinajstić information content (AvgIpc) is 2.47. The van der Waals surface area contributed by atoms with Gasteiger partial charge in [0.15, 0.2) is 9.84 Å². The van der Waals surface area contributed by atoms with E-state index in [0.29, 0.717) is 4.90 Å². The van der Waals surface area contributed by atoms with Crippen molar-refractivity contribution in [3.05, 3.63) is 78.4 Å². The molecule has 0 bridgehead atoms. The summed E-state index contributed by atoms with van der Waals surface area (Å²) in [4.78, 5) is 0.375. The van der Waals surface area contributed by atoms with Crippen LogP contribution < -0.4 is 0 Å². The van der Waals surface area contributed by atoms with Crippen molar-refractivity contribution >= 4 is 20.6 Å². The van der Waals surface area contributed by atoms with E-state index in [0.717, 1.165) is 16.3 Å². The molecular formula is C17H14O2S. The Morgan fingerprint density at radius 3 is 2.10 bits per heavy atom. The van der Waals surface area contributed by atoms with E-state index < -0.39 is 9.84 Å². The van der Waals surface area contributed by atoms with E-state index in [1.165, 1.54) is 0 Å². The second-order valence-electron chi connectivity index (χ2n) is 4.75. The zero-order valence-corrected chi connectivity index (χ0v) is 11.7. The summed E-state index contributed by atoms with van der Waals surface area (Å²) < 4.78 is 24.9. The largest absolute Gasteiger partial charge is 0.223 e. The van der Waals surface area contributed by atoms with E-state index in [-0.39, 0.29) is 5.75 Å². The van der Waals surface area contributed by atoms with Crippen LogP contribution >= 0.6 is 0 Å². The van der Waals surface area contributed by atoms with Gasteiger partial charge in [0.2, 0.25) is 0 Å². The van der Waals surface area contributed by atoms with Crippen LogP contribution in [0.15, 0.2) is 77.7 Å². The van der Waals surface area contributed by atoms with Gasteiger partial charge in [0.25, 0.3) is 0 Å². The summed E-state index contributed by atoms with van der Waals surface area (Å²) in [6.45, 7) is 0. The fraction of sp³-hybridized carbons (Fsp3) is 0.0588. The topological polar surface area (TPSA) is 34.1 Å². The molecule has 0 heterocycles. The lowest BCUT2D eigenvalue weighted by Crippen LogP contribution is -2.04. The predicted molar refractivity (Wildman–Crippen MR) is 81.3 cm³/mol. The van der Waals surface area contributed by atoms with Crippen molar-refractivity contribution in [2.45, 2.75) is 10.6 Å². The van der Waals surface area contributed by atoms with Gasteiger partial charge in [-0.15, -0.1) is 0 Å². The van der Waals surface area contributed by atoms with E-state index in [1.807, 2.05) is 60.7 Å². The Kier molecular flexibility index (Phi) is 3.28. The Balaban J connectivity index is 2.01. The minimum atomic E-state index is -3.30. The summed E-state index contributed by atoms with van der Waals surface area (Å²) in [6, 6.07) is 22.3. The molecule has 0 N–H and O–H groups in total. The molecule has 3 heteroatoms. The Bertz CT molecular complexity index is 837. The minimum Gasteiger partial charge on any atom is -0.223 e. The zero-order chi connectivity index (χ0) is 14.0. The minimum absolute atomic E-state index is 0.0339. The molecule has 0 saturated heterocycles. The average molecular weight is 282 g/mol. The zero-order valence-electron chi connectivity index (χ0n) is 10.9. The maximum absolute atomic E-state index is 12.4. The third-order valence-corrected chi connectivity index (χ3v) is 4.97. The summed E-state index contributed by atoms with van der Waals surface area (Å²) in [6.07, 6.45) is 0. The number of fused-ring (bicyclic) bond motifs is 1. The molecule has 0 saturated carbocycles. The first-order valence-electron chi connectivity index (χ1n) is 6.41. The van der Waals surface area contributed by atoms with Crippen molar-refractivity contribution in [2.75, 3.05) is 0 Å². The molecule has 0 aromatic heterocycles. The van der Waals surface area contributed by atoms with Crippen molar-refractivity contribution in [1.29, 1.82) is 0 Å². The maximum Gasteiger partial charge on any atom is 0.182 e. The molecule has 0 spiro atoms.